The predicted molar refractivity (Wildman–Crippen MR) is 73.3 cm³/mol. The van der Waals surface area contributed by atoms with Crippen molar-refractivity contribution < 1.29 is 0 Å². The largest absolute Gasteiger partial charge is 0.355 e. The van der Waals surface area contributed by atoms with Gasteiger partial charge in [-0.05, 0) is 59.8 Å². The number of hydrogen-bond donors (Lipinski definition) is 1. The van der Waals surface area contributed by atoms with E-state index in [4.69, 9.17) is 0 Å². The molecular formula is C13H18BrN3. The highest BCUT2D eigenvalue weighted by Crippen LogP contribution is 2.30. The summed E-state index contributed by atoms with van der Waals surface area (Å²) in [5, 5.41) is 3.65. The molecule has 0 saturated carbocycles. The zero-order valence-corrected chi connectivity index (χ0v) is 11.5. The Morgan fingerprint density at radius 2 is 2.35 bits per heavy atom. The number of aromatic nitrogens is 1. The van der Waals surface area contributed by atoms with Gasteiger partial charge in [0.1, 0.15) is 5.82 Å². The molecule has 2 aliphatic heterocycles. The van der Waals surface area contributed by atoms with Crippen molar-refractivity contribution in [2.75, 3.05) is 24.5 Å². The van der Waals surface area contributed by atoms with Gasteiger partial charge >= 0.3 is 0 Å². The molecule has 3 nitrogen and oxygen atoms in total. The fourth-order valence-corrected chi connectivity index (χ4v) is 3.55. The molecule has 2 atom stereocenters. The van der Waals surface area contributed by atoms with Crippen LogP contribution in [0.1, 0.15) is 19.3 Å². The molecule has 1 N–H and O–H groups in total. The Bertz CT molecular complexity index is 396. The summed E-state index contributed by atoms with van der Waals surface area (Å²) in [5.41, 5.74) is 0. The number of rotatable bonds is 1. The molecule has 4 heteroatoms. The lowest BCUT2D eigenvalue weighted by Crippen LogP contribution is -2.52. The molecule has 2 fully saturated rings. The van der Waals surface area contributed by atoms with Crippen molar-refractivity contribution in [3.63, 3.8) is 0 Å². The number of anilines is 1. The maximum atomic E-state index is 4.50. The molecule has 0 amide bonds. The van der Waals surface area contributed by atoms with Gasteiger partial charge in [0.2, 0.25) is 0 Å². The van der Waals surface area contributed by atoms with Crippen molar-refractivity contribution in [3.05, 3.63) is 22.8 Å². The van der Waals surface area contributed by atoms with E-state index in [9.17, 15) is 0 Å². The third-order valence-electron chi connectivity index (χ3n) is 3.93. The number of pyridine rings is 1. The van der Waals surface area contributed by atoms with Crippen LogP contribution < -0.4 is 10.2 Å². The summed E-state index contributed by atoms with van der Waals surface area (Å²) in [6.45, 7) is 3.46. The van der Waals surface area contributed by atoms with Crippen LogP contribution in [0.2, 0.25) is 0 Å². The third kappa shape index (κ3) is 2.33. The molecule has 1 aromatic rings. The summed E-state index contributed by atoms with van der Waals surface area (Å²) in [7, 11) is 0. The van der Waals surface area contributed by atoms with Crippen LogP contribution in [0.3, 0.4) is 0 Å². The van der Waals surface area contributed by atoms with Crippen LogP contribution in [-0.2, 0) is 0 Å². The minimum Gasteiger partial charge on any atom is -0.355 e. The van der Waals surface area contributed by atoms with Gasteiger partial charge in [-0.3, -0.25) is 0 Å². The first-order valence-corrected chi connectivity index (χ1v) is 7.23. The highest BCUT2D eigenvalue weighted by molar-refractivity contribution is 9.10. The van der Waals surface area contributed by atoms with Gasteiger partial charge in [-0.25, -0.2) is 4.98 Å². The highest BCUT2D eigenvalue weighted by Gasteiger charge is 2.31. The monoisotopic (exact) mass is 295 g/mol. The normalized spacial score (nSPS) is 28.9. The molecule has 2 aliphatic rings. The molecule has 3 heterocycles. The summed E-state index contributed by atoms with van der Waals surface area (Å²) >= 11 is 3.60. The number of piperidine rings is 2. The first-order valence-electron chi connectivity index (χ1n) is 6.43. The van der Waals surface area contributed by atoms with Gasteiger partial charge in [-0.1, -0.05) is 0 Å². The van der Waals surface area contributed by atoms with Crippen molar-refractivity contribution in [1.82, 2.24) is 10.3 Å². The van der Waals surface area contributed by atoms with E-state index in [1.807, 2.05) is 12.3 Å². The van der Waals surface area contributed by atoms with Crippen molar-refractivity contribution in [3.8, 4) is 0 Å². The van der Waals surface area contributed by atoms with E-state index >= 15 is 0 Å². The van der Waals surface area contributed by atoms with E-state index < -0.39 is 0 Å². The molecule has 2 unspecified atom stereocenters. The Balaban J connectivity index is 1.76. The lowest BCUT2D eigenvalue weighted by molar-refractivity contribution is 0.244. The number of fused-ring (bicyclic) bond motifs is 1. The van der Waals surface area contributed by atoms with E-state index in [1.54, 1.807) is 0 Å². The van der Waals surface area contributed by atoms with E-state index in [1.165, 1.54) is 25.8 Å². The Morgan fingerprint density at radius 3 is 3.24 bits per heavy atom. The van der Waals surface area contributed by atoms with Gasteiger partial charge < -0.3 is 10.2 Å². The first-order chi connectivity index (χ1) is 8.34. The van der Waals surface area contributed by atoms with Crippen molar-refractivity contribution in [2.45, 2.75) is 25.3 Å². The Labute approximate surface area is 111 Å². The zero-order valence-electron chi connectivity index (χ0n) is 9.90. The fraction of sp³-hybridized carbons (Fsp3) is 0.615. The summed E-state index contributed by atoms with van der Waals surface area (Å²) in [4.78, 5) is 6.93. The second-order valence-corrected chi connectivity index (χ2v) is 5.86. The van der Waals surface area contributed by atoms with Gasteiger partial charge in [-0.2, -0.15) is 0 Å². The summed E-state index contributed by atoms with van der Waals surface area (Å²) in [6, 6.07) is 4.79. The lowest BCUT2D eigenvalue weighted by atomic mass is 9.85. The number of nitrogens with one attached hydrogen (secondary N) is 1. The van der Waals surface area contributed by atoms with Crippen LogP contribution in [0, 0.1) is 5.92 Å². The number of halogens is 1. The molecule has 2 saturated heterocycles. The minimum absolute atomic E-state index is 0.738. The van der Waals surface area contributed by atoms with Gasteiger partial charge in [0.15, 0.2) is 0 Å². The predicted octanol–water partition coefficient (Wildman–Crippen LogP) is 2.42. The smallest absolute Gasteiger partial charge is 0.142 e. The van der Waals surface area contributed by atoms with E-state index in [0.717, 1.165) is 35.3 Å². The van der Waals surface area contributed by atoms with Gasteiger partial charge in [0.25, 0.3) is 0 Å². The van der Waals surface area contributed by atoms with Crippen molar-refractivity contribution in [2.24, 2.45) is 5.92 Å². The van der Waals surface area contributed by atoms with Crippen LogP contribution in [0.25, 0.3) is 0 Å². The molecule has 0 aliphatic carbocycles. The lowest BCUT2D eigenvalue weighted by Gasteiger charge is -2.42. The standard InChI is InChI=1S/C13H18BrN3/c14-11-4-2-7-16-13(11)17-8-5-12-10(9-17)3-1-6-15-12/h2,4,7,10,12,15H,1,3,5-6,8-9H2. The topological polar surface area (TPSA) is 28.2 Å². The molecule has 0 spiro atoms. The Morgan fingerprint density at radius 1 is 1.41 bits per heavy atom. The molecule has 92 valence electrons. The molecule has 0 radical (unpaired) electrons. The minimum atomic E-state index is 0.738. The fourth-order valence-electron chi connectivity index (χ4n) is 3.05. The van der Waals surface area contributed by atoms with Crippen LogP contribution in [-0.4, -0.2) is 30.7 Å². The second kappa shape index (κ2) is 4.94. The van der Waals surface area contributed by atoms with E-state index in [0.29, 0.717) is 0 Å². The van der Waals surface area contributed by atoms with Gasteiger partial charge in [0.05, 0.1) is 4.47 Å². The maximum absolute atomic E-state index is 4.50. The van der Waals surface area contributed by atoms with Gasteiger partial charge in [0, 0.05) is 25.3 Å². The van der Waals surface area contributed by atoms with E-state index in [-0.39, 0.29) is 0 Å². The highest BCUT2D eigenvalue weighted by atomic mass is 79.9. The first kappa shape index (κ1) is 11.5. The Hall–Kier alpha value is -0.610. The summed E-state index contributed by atoms with van der Waals surface area (Å²) < 4.78 is 1.11. The van der Waals surface area contributed by atoms with Crippen LogP contribution in [0.15, 0.2) is 22.8 Å². The molecule has 1 aromatic heterocycles. The second-order valence-electron chi connectivity index (χ2n) is 5.01. The quantitative estimate of drug-likeness (QED) is 0.862. The molecule has 0 aromatic carbocycles. The van der Waals surface area contributed by atoms with Crippen molar-refractivity contribution >= 4 is 21.7 Å². The summed E-state index contributed by atoms with van der Waals surface area (Å²) in [6.07, 6.45) is 5.80. The number of nitrogens with zero attached hydrogens (tertiary/aromatic N) is 2. The molecular weight excluding hydrogens is 278 g/mol. The maximum Gasteiger partial charge on any atom is 0.142 e. The SMILES string of the molecule is Brc1cccnc1N1CCC2NCCCC2C1. The number of hydrogen-bond acceptors (Lipinski definition) is 3. The summed E-state index contributed by atoms with van der Waals surface area (Å²) in [5.74, 6) is 1.91. The third-order valence-corrected chi connectivity index (χ3v) is 4.55. The molecule has 17 heavy (non-hydrogen) atoms. The van der Waals surface area contributed by atoms with Gasteiger partial charge in [-0.15, -0.1) is 0 Å². The average Bonchev–Trinajstić information content (AvgIpc) is 2.39. The Kier molecular flexibility index (Phi) is 3.34. The van der Waals surface area contributed by atoms with E-state index in [2.05, 4.69) is 37.2 Å². The molecule has 3 rings (SSSR count). The molecule has 0 bridgehead atoms. The average molecular weight is 296 g/mol. The zero-order chi connectivity index (χ0) is 11.7. The van der Waals surface area contributed by atoms with Crippen LogP contribution in [0.4, 0.5) is 5.82 Å². The van der Waals surface area contributed by atoms with Crippen LogP contribution in [0.5, 0.6) is 0 Å². The van der Waals surface area contributed by atoms with Crippen LogP contribution >= 0.6 is 15.9 Å². The van der Waals surface area contributed by atoms with Crippen molar-refractivity contribution in [1.29, 1.82) is 0 Å².